The van der Waals surface area contributed by atoms with E-state index in [-0.39, 0.29) is 5.56 Å². The highest BCUT2D eigenvalue weighted by molar-refractivity contribution is 6.05. The predicted octanol–water partition coefficient (Wildman–Crippen LogP) is 2.61. The topological polar surface area (TPSA) is 53.9 Å². The lowest BCUT2D eigenvalue weighted by molar-refractivity contribution is 0.334. The average molecular weight is 310 g/mol. The molecule has 1 atom stereocenters. The Labute approximate surface area is 134 Å². The van der Waals surface area contributed by atoms with Crippen LogP contribution in [-0.2, 0) is 7.05 Å². The molecule has 120 valence electrons. The Kier molecular flexibility index (Phi) is 3.45. The van der Waals surface area contributed by atoms with Crippen molar-refractivity contribution in [1.29, 1.82) is 0 Å². The first-order valence-corrected chi connectivity index (χ1v) is 8.39. The number of nitrogens with zero attached hydrogens (tertiary/aromatic N) is 3. The van der Waals surface area contributed by atoms with Crippen LogP contribution in [0, 0.1) is 0 Å². The van der Waals surface area contributed by atoms with Crippen LogP contribution < -0.4 is 5.56 Å². The standard InChI is InChI=1S/C18H22N4O/c1-3-9-22-10-8-12(11-22)16-15-13-6-4-5-7-14(13)18(23)19-17(15)21(2)20-16/h4-7,12H,3,8-11H2,1-2H3,(H,19,23). The van der Waals surface area contributed by atoms with Crippen LogP contribution >= 0.6 is 0 Å². The second kappa shape index (κ2) is 5.49. The van der Waals surface area contributed by atoms with E-state index in [1.54, 1.807) is 0 Å². The van der Waals surface area contributed by atoms with Gasteiger partial charge in [0.1, 0.15) is 5.65 Å². The number of rotatable bonds is 3. The lowest BCUT2D eigenvalue weighted by atomic mass is 9.99. The summed E-state index contributed by atoms with van der Waals surface area (Å²) in [5.74, 6) is 0.444. The van der Waals surface area contributed by atoms with Crippen LogP contribution in [0.3, 0.4) is 0 Å². The summed E-state index contributed by atoms with van der Waals surface area (Å²) in [4.78, 5) is 17.8. The molecule has 0 radical (unpaired) electrons. The number of aryl methyl sites for hydroxylation is 1. The summed E-state index contributed by atoms with van der Waals surface area (Å²) in [7, 11) is 1.91. The molecule has 3 heterocycles. The van der Waals surface area contributed by atoms with Crippen molar-refractivity contribution in [2.45, 2.75) is 25.7 Å². The van der Waals surface area contributed by atoms with E-state index in [1.165, 1.54) is 6.42 Å². The molecule has 1 unspecified atom stereocenters. The molecule has 1 saturated heterocycles. The summed E-state index contributed by atoms with van der Waals surface area (Å²) < 4.78 is 1.82. The fourth-order valence-corrected chi connectivity index (χ4v) is 3.89. The zero-order chi connectivity index (χ0) is 16.0. The number of aromatic nitrogens is 3. The third-order valence-corrected chi connectivity index (χ3v) is 4.95. The van der Waals surface area contributed by atoms with Crippen molar-refractivity contribution in [3.63, 3.8) is 0 Å². The van der Waals surface area contributed by atoms with Crippen LogP contribution in [-0.4, -0.2) is 39.3 Å². The first kappa shape index (κ1) is 14.5. The van der Waals surface area contributed by atoms with E-state index in [2.05, 4.69) is 16.8 Å². The van der Waals surface area contributed by atoms with Crippen LogP contribution in [0.2, 0.25) is 0 Å². The Morgan fingerprint density at radius 1 is 1.30 bits per heavy atom. The van der Waals surface area contributed by atoms with Gasteiger partial charge in [0.2, 0.25) is 0 Å². The third kappa shape index (κ3) is 2.27. The maximum absolute atomic E-state index is 12.3. The van der Waals surface area contributed by atoms with Gasteiger partial charge in [-0.1, -0.05) is 25.1 Å². The molecule has 0 amide bonds. The summed E-state index contributed by atoms with van der Waals surface area (Å²) >= 11 is 0. The van der Waals surface area contributed by atoms with Gasteiger partial charge in [-0.3, -0.25) is 9.48 Å². The summed E-state index contributed by atoms with van der Waals surface area (Å²) in [5, 5.41) is 7.66. The molecule has 1 N–H and O–H groups in total. The van der Waals surface area contributed by atoms with Crippen LogP contribution in [0.25, 0.3) is 21.8 Å². The van der Waals surface area contributed by atoms with Crippen molar-refractivity contribution in [3.8, 4) is 0 Å². The van der Waals surface area contributed by atoms with Crippen molar-refractivity contribution in [3.05, 3.63) is 40.3 Å². The van der Waals surface area contributed by atoms with E-state index >= 15 is 0 Å². The molecular formula is C18H22N4O. The SMILES string of the molecule is CCCN1CCC(c2nn(C)c3[nH]c(=O)c4ccccc4c23)C1. The number of fused-ring (bicyclic) bond motifs is 3. The monoisotopic (exact) mass is 310 g/mol. The Bertz CT molecular complexity index is 924. The maximum Gasteiger partial charge on any atom is 0.257 e. The molecule has 5 heteroatoms. The summed E-state index contributed by atoms with van der Waals surface area (Å²) in [5.41, 5.74) is 1.92. The van der Waals surface area contributed by atoms with Gasteiger partial charge < -0.3 is 9.88 Å². The molecule has 1 aliphatic rings. The first-order valence-electron chi connectivity index (χ1n) is 8.39. The van der Waals surface area contributed by atoms with Gasteiger partial charge in [-0.25, -0.2) is 0 Å². The molecule has 2 aromatic heterocycles. The van der Waals surface area contributed by atoms with Crippen LogP contribution in [0.1, 0.15) is 31.4 Å². The van der Waals surface area contributed by atoms with Gasteiger partial charge in [-0.05, 0) is 32.0 Å². The van der Waals surface area contributed by atoms with E-state index in [0.717, 1.165) is 53.6 Å². The first-order chi connectivity index (χ1) is 11.2. The normalized spacial score (nSPS) is 19.1. The van der Waals surface area contributed by atoms with Gasteiger partial charge >= 0.3 is 0 Å². The highest BCUT2D eigenvalue weighted by atomic mass is 16.1. The van der Waals surface area contributed by atoms with Crippen molar-refractivity contribution in [1.82, 2.24) is 19.7 Å². The number of likely N-dealkylation sites (tertiary alicyclic amines) is 1. The van der Waals surface area contributed by atoms with Crippen molar-refractivity contribution < 1.29 is 0 Å². The summed E-state index contributed by atoms with van der Waals surface area (Å²) in [6.45, 7) is 5.58. The van der Waals surface area contributed by atoms with Crippen molar-refractivity contribution >= 4 is 21.8 Å². The molecule has 1 fully saturated rings. The molecule has 3 aromatic rings. The van der Waals surface area contributed by atoms with Crippen LogP contribution in [0.4, 0.5) is 0 Å². The van der Waals surface area contributed by atoms with Crippen molar-refractivity contribution in [2.24, 2.45) is 7.05 Å². The van der Waals surface area contributed by atoms with Crippen LogP contribution in [0.15, 0.2) is 29.1 Å². The second-order valence-corrected chi connectivity index (χ2v) is 6.52. The van der Waals surface area contributed by atoms with Crippen LogP contribution in [0.5, 0.6) is 0 Å². The van der Waals surface area contributed by atoms with Gasteiger partial charge in [0.25, 0.3) is 5.56 Å². The molecule has 23 heavy (non-hydrogen) atoms. The zero-order valence-electron chi connectivity index (χ0n) is 13.7. The van der Waals surface area contributed by atoms with Crippen molar-refractivity contribution in [2.75, 3.05) is 19.6 Å². The molecule has 0 saturated carbocycles. The highest BCUT2D eigenvalue weighted by Gasteiger charge is 2.28. The Balaban J connectivity index is 1.91. The molecule has 1 aromatic carbocycles. The lowest BCUT2D eigenvalue weighted by Gasteiger charge is -2.14. The fourth-order valence-electron chi connectivity index (χ4n) is 3.89. The number of pyridine rings is 1. The number of benzene rings is 1. The Morgan fingerprint density at radius 3 is 2.87 bits per heavy atom. The van der Waals surface area contributed by atoms with E-state index < -0.39 is 0 Å². The minimum absolute atomic E-state index is 0.0401. The third-order valence-electron chi connectivity index (χ3n) is 4.95. The number of H-pyrrole nitrogens is 1. The van der Waals surface area contributed by atoms with Gasteiger partial charge in [-0.2, -0.15) is 5.10 Å². The zero-order valence-corrected chi connectivity index (χ0v) is 13.7. The molecule has 1 aliphatic heterocycles. The minimum Gasteiger partial charge on any atom is -0.306 e. The summed E-state index contributed by atoms with van der Waals surface area (Å²) in [6.07, 6.45) is 2.32. The second-order valence-electron chi connectivity index (χ2n) is 6.52. The summed E-state index contributed by atoms with van der Waals surface area (Å²) in [6, 6.07) is 7.84. The number of hydrogen-bond acceptors (Lipinski definition) is 3. The number of nitrogens with one attached hydrogen (secondary N) is 1. The van der Waals surface area contributed by atoms with Gasteiger partial charge in [0.15, 0.2) is 0 Å². The Hall–Kier alpha value is -2.14. The fraction of sp³-hybridized carbons (Fsp3) is 0.444. The number of aromatic amines is 1. The molecular weight excluding hydrogens is 288 g/mol. The van der Waals surface area contributed by atoms with E-state index in [1.807, 2.05) is 36.0 Å². The molecule has 5 nitrogen and oxygen atoms in total. The predicted molar refractivity (Wildman–Crippen MR) is 92.9 cm³/mol. The van der Waals surface area contributed by atoms with Gasteiger partial charge in [-0.15, -0.1) is 0 Å². The molecule has 0 spiro atoms. The van der Waals surface area contributed by atoms with E-state index in [0.29, 0.717) is 5.92 Å². The molecule has 0 aliphatic carbocycles. The molecule has 4 rings (SSSR count). The quantitative estimate of drug-likeness (QED) is 0.809. The number of hydrogen-bond donors (Lipinski definition) is 1. The largest absolute Gasteiger partial charge is 0.306 e. The Morgan fingerprint density at radius 2 is 2.09 bits per heavy atom. The average Bonchev–Trinajstić information content (AvgIpc) is 3.13. The van der Waals surface area contributed by atoms with Gasteiger partial charge in [0, 0.05) is 35.7 Å². The van der Waals surface area contributed by atoms with Gasteiger partial charge in [0.05, 0.1) is 5.69 Å². The lowest BCUT2D eigenvalue weighted by Crippen LogP contribution is -2.21. The highest BCUT2D eigenvalue weighted by Crippen LogP contribution is 2.33. The van der Waals surface area contributed by atoms with E-state index in [9.17, 15) is 4.79 Å². The molecule has 0 bridgehead atoms. The van der Waals surface area contributed by atoms with E-state index in [4.69, 9.17) is 5.10 Å². The smallest absolute Gasteiger partial charge is 0.257 e. The maximum atomic E-state index is 12.3. The minimum atomic E-state index is -0.0401.